The number of nitrogens with zero attached hydrogens (tertiary/aromatic N) is 1. The van der Waals surface area contributed by atoms with Crippen LogP contribution in [0.2, 0.25) is 0 Å². The fourth-order valence-corrected chi connectivity index (χ4v) is 2.18. The lowest BCUT2D eigenvalue weighted by Crippen LogP contribution is -2.40. The average Bonchev–Trinajstić information content (AvgIpc) is 2.51. The lowest BCUT2D eigenvalue weighted by molar-refractivity contribution is -0.174. The molecule has 0 atom stereocenters. The fraction of sp³-hybridized carbons (Fsp3) is 0.500. The van der Waals surface area contributed by atoms with E-state index in [-0.39, 0.29) is 11.7 Å². The zero-order valence-corrected chi connectivity index (χ0v) is 13.7. The number of ketones is 1. The Morgan fingerprint density at radius 2 is 1.81 bits per heavy atom. The third-order valence-electron chi connectivity index (χ3n) is 3.56. The van der Waals surface area contributed by atoms with Crippen molar-refractivity contribution in [1.29, 1.82) is 0 Å². The van der Waals surface area contributed by atoms with E-state index in [0.717, 1.165) is 5.56 Å². The normalized spacial score (nSPS) is 11.3. The van der Waals surface area contributed by atoms with Crippen LogP contribution < -0.4 is 0 Å². The molecule has 1 aromatic rings. The number of carbonyl (C=O) groups is 2. The molecule has 1 rings (SSSR count). The second-order valence-corrected chi connectivity index (χ2v) is 5.78. The molecule has 21 heavy (non-hydrogen) atoms. The zero-order valence-electron chi connectivity index (χ0n) is 13.0. The number of halogens is 1. The topological polar surface area (TPSA) is 46.6 Å². The summed E-state index contributed by atoms with van der Waals surface area (Å²) in [6.07, 6.45) is 1.11. The monoisotopic (exact) mass is 311 g/mol. The van der Waals surface area contributed by atoms with Crippen LogP contribution in [0.4, 0.5) is 0 Å². The number of hydroxylamine groups is 2. The van der Waals surface area contributed by atoms with Gasteiger partial charge in [0.15, 0.2) is 5.78 Å². The molecular weight excluding hydrogens is 290 g/mol. The van der Waals surface area contributed by atoms with E-state index in [9.17, 15) is 9.59 Å². The first-order valence-corrected chi connectivity index (χ1v) is 7.40. The highest BCUT2D eigenvalue weighted by Crippen LogP contribution is 2.26. The summed E-state index contributed by atoms with van der Waals surface area (Å²) in [5.41, 5.74) is 0.764. The third-order valence-corrected chi connectivity index (χ3v) is 3.83. The third kappa shape index (κ3) is 4.29. The van der Waals surface area contributed by atoms with E-state index >= 15 is 0 Å². The highest BCUT2D eigenvalue weighted by Gasteiger charge is 2.32. The van der Waals surface area contributed by atoms with Crippen LogP contribution in [0.3, 0.4) is 0 Å². The van der Waals surface area contributed by atoms with Crippen molar-refractivity contribution in [1.82, 2.24) is 5.06 Å². The lowest BCUT2D eigenvalue weighted by atomic mass is 9.83. The predicted molar refractivity (Wildman–Crippen MR) is 83.5 cm³/mol. The molecule has 0 radical (unpaired) electrons. The Labute approximate surface area is 131 Å². The number of amides is 1. The van der Waals surface area contributed by atoms with Gasteiger partial charge in [-0.1, -0.05) is 24.3 Å². The van der Waals surface area contributed by atoms with Gasteiger partial charge in [0.2, 0.25) is 0 Å². The molecule has 0 saturated carbocycles. The van der Waals surface area contributed by atoms with E-state index in [1.54, 1.807) is 19.2 Å². The number of hydrogen-bond donors (Lipinski definition) is 0. The molecule has 4 nitrogen and oxygen atoms in total. The first kappa shape index (κ1) is 17.7. The summed E-state index contributed by atoms with van der Waals surface area (Å²) in [5.74, 6) is 0.404. The fourth-order valence-electron chi connectivity index (χ4n) is 2.04. The number of likely N-dealkylation sites (N-methyl/N-ethyl adjacent to an activating group) is 1. The van der Waals surface area contributed by atoms with Gasteiger partial charge in [0.1, 0.15) is 0 Å². The van der Waals surface area contributed by atoms with Crippen molar-refractivity contribution in [3.05, 3.63) is 35.4 Å². The summed E-state index contributed by atoms with van der Waals surface area (Å²) < 4.78 is 0. The minimum Gasteiger partial charge on any atom is -0.294 e. The molecular formula is C16H22ClNO3. The molecule has 0 aliphatic heterocycles. The summed E-state index contributed by atoms with van der Waals surface area (Å²) in [4.78, 5) is 29.1. The number of benzene rings is 1. The maximum Gasteiger partial charge on any atom is 0.255 e. The Morgan fingerprint density at radius 1 is 1.24 bits per heavy atom. The summed E-state index contributed by atoms with van der Waals surface area (Å²) >= 11 is 5.59. The lowest BCUT2D eigenvalue weighted by Gasteiger charge is -2.28. The second kappa shape index (κ2) is 7.57. The van der Waals surface area contributed by atoms with Crippen molar-refractivity contribution in [3.63, 3.8) is 0 Å². The van der Waals surface area contributed by atoms with E-state index in [1.807, 2.05) is 26.0 Å². The number of carbonyl (C=O) groups excluding carboxylic acids is 2. The molecule has 0 unspecified atom stereocenters. The van der Waals surface area contributed by atoms with Crippen LogP contribution in [-0.2, 0) is 15.0 Å². The average molecular weight is 312 g/mol. The van der Waals surface area contributed by atoms with E-state index in [0.29, 0.717) is 24.3 Å². The maximum absolute atomic E-state index is 12.3. The van der Waals surface area contributed by atoms with Crippen LogP contribution in [0.15, 0.2) is 24.3 Å². The molecule has 0 aromatic heterocycles. The molecule has 0 fully saturated rings. The molecule has 1 amide bonds. The van der Waals surface area contributed by atoms with Crippen molar-refractivity contribution in [2.24, 2.45) is 0 Å². The van der Waals surface area contributed by atoms with Crippen LogP contribution in [0, 0.1) is 0 Å². The minimum absolute atomic E-state index is 0.0698. The Hall–Kier alpha value is -1.39. The maximum atomic E-state index is 12.3. The summed E-state index contributed by atoms with van der Waals surface area (Å²) in [7, 11) is 3.03. The SMILES string of the molecule is CON(C)C(=O)C(C)(C)c1ccc(C(=O)CCCCl)cc1. The Morgan fingerprint density at radius 3 is 2.29 bits per heavy atom. The number of Topliss-reactive ketones (excluding diaryl/α,β-unsaturated/α-hetero) is 1. The molecule has 0 aliphatic carbocycles. The highest BCUT2D eigenvalue weighted by atomic mass is 35.5. The summed E-state index contributed by atoms with van der Waals surface area (Å²) in [6, 6.07) is 7.14. The van der Waals surface area contributed by atoms with E-state index in [2.05, 4.69) is 0 Å². The number of rotatable bonds is 7. The first-order chi connectivity index (χ1) is 9.84. The van der Waals surface area contributed by atoms with Gasteiger partial charge in [-0.05, 0) is 25.8 Å². The first-order valence-electron chi connectivity index (χ1n) is 6.86. The van der Waals surface area contributed by atoms with Crippen LogP contribution in [0.5, 0.6) is 0 Å². The summed E-state index contributed by atoms with van der Waals surface area (Å²) in [5, 5.41) is 1.21. The Balaban J connectivity index is 2.91. The molecule has 0 heterocycles. The predicted octanol–water partition coefficient (Wildman–Crippen LogP) is 3.19. The van der Waals surface area contributed by atoms with Crippen LogP contribution in [0.25, 0.3) is 0 Å². The zero-order chi connectivity index (χ0) is 16.0. The van der Waals surface area contributed by atoms with E-state index in [4.69, 9.17) is 16.4 Å². The van der Waals surface area contributed by atoms with E-state index < -0.39 is 5.41 Å². The quantitative estimate of drug-likeness (QED) is 0.441. The largest absolute Gasteiger partial charge is 0.294 e. The van der Waals surface area contributed by atoms with Gasteiger partial charge in [-0.25, -0.2) is 5.06 Å². The van der Waals surface area contributed by atoms with Crippen molar-refractivity contribution < 1.29 is 14.4 Å². The van der Waals surface area contributed by atoms with Crippen molar-refractivity contribution in [2.45, 2.75) is 32.1 Å². The standard InChI is InChI=1S/C16H22ClNO3/c1-16(2,15(20)18(3)21-4)13-9-7-12(8-10-13)14(19)6-5-11-17/h7-10H,5-6,11H2,1-4H3. The molecule has 1 aromatic carbocycles. The smallest absolute Gasteiger partial charge is 0.255 e. The molecule has 5 heteroatoms. The molecule has 116 valence electrons. The van der Waals surface area contributed by atoms with Gasteiger partial charge in [-0.15, -0.1) is 11.6 Å². The van der Waals surface area contributed by atoms with Gasteiger partial charge < -0.3 is 0 Å². The van der Waals surface area contributed by atoms with E-state index in [1.165, 1.54) is 12.2 Å². The molecule has 0 N–H and O–H groups in total. The van der Waals surface area contributed by atoms with Crippen LogP contribution >= 0.6 is 11.6 Å². The van der Waals surface area contributed by atoms with Gasteiger partial charge >= 0.3 is 0 Å². The number of alkyl halides is 1. The highest BCUT2D eigenvalue weighted by molar-refractivity contribution is 6.18. The minimum atomic E-state index is -0.720. The molecule has 0 bridgehead atoms. The van der Waals surface area contributed by atoms with Gasteiger partial charge in [0.05, 0.1) is 12.5 Å². The van der Waals surface area contributed by atoms with Gasteiger partial charge in [-0.2, -0.15) is 0 Å². The molecule has 0 spiro atoms. The van der Waals surface area contributed by atoms with Crippen molar-refractivity contribution >= 4 is 23.3 Å². The number of hydrogen-bond acceptors (Lipinski definition) is 3. The van der Waals surface area contributed by atoms with Crippen molar-refractivity contribution in [3.8, 4) is 0 Å². The molecule has 0 aliphatic rings. The van der Waals surface area contributed by atoms with Gasteiger partial charge in [0, 0.05) is 24.9 Å². The Kier molecular flexibility index (Phi) is 6.37. The molecule has 0 saturated heterocycles. The van der Waals surface area contributed by atoms with Gasteiger partial charge in [0.25, 0.3) is 5.91 Å². The Bertz CT molecular complexity index is 497. The van der Waals surface area contributed by atoms with Gasteiger partial charge in [-0.3, -0.25) is 14.4 Å². The second-order valence-electron chi connectivity index (χ2n) is 5.40. The summed E-state index contributed by atoms with van der Waals surface area (Å²) in [6.45, 7) is 3.66. The van der Waals surface area contributed by atoms with Crippen molar-refractivity contribution in [2.75, 3.05) is 20.0 Å². The van der Waals surface area contributed by atoms with Crippen LogP contribution in [-0.4, -0.2) is 36.8 Å². The van der Waals surface area contributed by atoms with Crippen LogP contribution in [0.1, 0.15) is 42.6 Å².